The number of sulfonamides is 1. The van der Waals surface area contributed by atoms with Gasteiger partial charge < -0.3 is 0 Å². The SMILES string of the molecule is CC(C)(C)N1CC2CCC(C1)N2S(=O)(=O)C1CC1. The van der Waals surface area contributed by atoms with E-state index >= 15 is 0 Å². The predicted molar refractivity (Wildman–Crippen MR) is 71.9 cm³/mol. The summed E-state index contributed by atoms with van der Waals surface area (Å²) in [6, 6.07) is 0.460. The zero-order valence-corrected chi connectivity index (χ0v) is 12.4. The summed E-state index contributed by atoms with van der Waals surface area (Å²) in [5.74, 6) is 0. The zero-order valence-electron chi connectivity index (χ0n) is 11.6. The zero-order chi connectivity index (χ0) is 13.1. The summed E-state index contributed by atoms with van der Waals surface area (Å²) < 4.78 is 26.8. The van der Waals surface area contributed by atoms with Gasteiger partial charge in [-0.1, -0.05) is 0 Å². The molecule has 0 spiro atoms. The molecular formula is C13H24N2O2S. The van der Waals surface area contributed by atoms with Crippen molar-refractivity contribution in [1.82, 2.24) is 9.21 Å². The topological polar surface area (TPSA) is 40.6 Å². The third-order valence-electron chi connectivity index (χ3n) is 4.60. The van der Waals surface area contributed by atoms with Gasteiger partial charge in [0.05, 0.1) is 5.25 Å². The highest BCUT2D eigenvalue weighted by Gasteiger charge is 2.52. The Kier molecular flexibility index (Phi) is 2.81. The lowest BCUT2D eigenvalue weighted by Crippen LogP contribution is -2.60. The number of likely N-dealkylation sites (tertiary alicyclic amines) is 1. The van der Waals surface area contributed by atoms with E-state index in [2.05, 4.69) is 25.7 Å². The number of piperazine rings is 1. The number of hydrogen-bond acceptors (Lipinski definition) is 3. The Bertz CT molecular complexity index is 422. The van der Waals surface area contributed by atoms with E-state index in [0.29, 0.717) is 0 Å². The Morgan fingerprint density at radius 1 is 0.944 bits per heavy atom. The molecule has 0 N–H and O–H groups in total. The molecule has 1 saturated carbocycles. The number of nitrogens with zero attached hydrogens (tertiary/aromatic N) is 2. The van der Waals surface area contributed by atoms with E-state index in [4.69, 9.17) is 0 Å². The van der Waals surface area contributed by atoms with E-state index in [-0.39, 0.29) is 22.9 Å². The molecular weight excluding hydrogens is 248 g/mol. The summed E-state index contributed by atoms with van der Waals surface area (Å²) in [5, 5.41) is -0.0539. The van der Waals surface area contributed by atoms with Crippen molar-refractivity contribution in [2.24, 2.45) is 0 Å². The van der Waals surface area contributed by atoms with Gasteiger partial charge in [-0.05, 0) is 46.5 Å². The Hall–Kier alpha value is -0.130. The standard InChI is InChI=1S/C13H24N2O2S/c1-13(2,3)14-8-10-4-5-11(9-14)15(10)18(16,17)12-6-7-12/h10-12H,4-9H2,1-3H3. The third kappa shape index (κ3) is 2.00. The van der Waals surface area contributed by atoms with Crippen molar-refractivity contribution in [2.45, 2.75) is 69.3 Å². The van der Waals surface area contributed by atoms with Crippen molar-refractivity contribution in [1.29, 1.82) is 0 Å². The number of rotatable bonds is 2. The monoisotopic (exact) mass is 272 g/mol. The first kappa shape index (κ1) is 12.9. The van der Waals surface area contributed by atoms with Gasteiger partial charge in [0.2, 0.25) is 10.0 Å². The van der Waals surface area contributed by atoms with Crippen molar-refractivity contribution >= 4 is 10.0 Å². The molecule has 18 heavy (non-hydrogen) atoms. The van der Waals surface area contributed by atoms with E-state index in [1.165, 1.54) is 0 Å². The molecule has 1 aliphatic carbocycles. The van der Waals surface area contributed by atoms with Gasteiger partial charge in [0.25, 0.3) is 0 Å². The molecule has 4 nitrogen and oxygen atoms in total. The Labute approximate surface area is 110 Å². The maximum atomic E-state index is 12.5. The molecule has 2 heterocycles. The molecule has 104 valence electrons. The normalized spacial score (nSPS) is 35.1. The lowest BCUT2D eigenvalue weighted by Gasteiger charge is -2.46. The Balaban J connectivity index is 1.82. The van der Waals surface area contributed by atoms with Crippen molar-refractivity contribution < 1.29 is 8.42 Å². The predicted octanol–water partition coefficient (Wildman–Crippen LogP) is 1.43. The molecule has 2 atom stereocenters. The minimum atomic E-state index is -2.99. The highest BCUT2D eigenvalue weighted by Crippen LogP contribution is 2.40. The molecule has 3 aliphatic rings. The van der Waals surface area contributed by atoms with Gasteiger partial charge in [0.15, 0.2) is 0 Å². The van der Waals surface area contributed by atoms with E-state index in [0.717, 1.165) is 38.8 Å². The maximum Gasteiger partial charge on any atom is 0.217 e. The van der Waals surface area contributed by atoms with Crippen LogP contribution < -0.4 is 0 Å². The Morgan fingerprint density at radius 2 is 1.44 bits per heavy atom. The average molecular weight is 272 g/mol. The van der Waals surface area contributed by atoms with E-state index in [1.807, 2.05) is 4.31 Å². The second-order valence-electron chi connectivity index (χ2n) is 7.04. The van der Waals surface area contributed by atoms with Crippen LogP contribution in [0.15, 0.2) is 0 Å². The first-order valence-corrected chi connectivity index (χ1v) is 8.58. The van der Waals surface area contributed by atoms with Crippen LogP contribution in [0.1, 0.15) is 46.5 Å². The van der Waals surface area contributed by atoms with Crippen molar-refractivity contribution in [3.8, 4) is 0 Å². The van der Waals surface area contributed by atoms with Gasteiger partial charge >= 0.3 is 0 Å². The van der Waals surface area contributed by atoms with Crippen LogP contribution >= 0.6 is 0 Å². The van der Waals surface area contributed by atoms with Gasteiger partial charge in [0, 0.05) is 30.7 Å². The van der Waals surface area contributed by atoms with Crippen molar-refractivity contribution in [3.05, 3.63) is 0 Å². The van der Waals surface area contributed by atoms with Crippen LogP contribution in [-0.4, -0.2) is 53.6 Å². The van der Waals surface area contributed by atoms with Crippen LogP contribution in [0.5, 0.6) is 0 Å². The second kappa shape index (κ2) is 3.93. The van der Waals surface area contributed by atoms with Crippen LogP contribution in [-0.2, 0) is 10.0 Å². The van der Waals surface area contributed by atoms with Crippen LogP contribution in [0, 0.1) is 0 Å². The van der Waals surface area contributed by atoms with E-state index in [1.54, 1.807) is 0 Å². The summed E-state index contributed by atoms with van der Waals surface area (Å²) in [7, 11) is -2.99. The van der Waals surface area contributed by atoms with Crippen LogP contribution in [0.2, 0.25) is 0 Å². The quantitative estimate of drug-likeness (QED) is 0.763. The first-order valence-electron chi connectivity index (χ1n) is 7.07. The molecule has 0 amide bonds. The molecule has 2 unspecified atom stereocenters. The smallest absolute Gasteiger partial charge is 0.217 e. The fourth-order valence-electron chi connectivity index (χ4n) is 3.37. The summed E-state index contributed by atoms with van der Waals surface area (Å²) in [4.78, 5) is 2.45. The first-order chi connectivity index (χ1) is 8.30. The maximum absolute atomic E-state index is 12.5. The molecule has 3 fully saturated rings. The summed E-state index contributed by atoms with van der Waals surface area (Å²) in [5.41, 5.74) is 0.149. The highest BCUT2D eigenvalue weighted by molar-refractivity contribution is 7.90. The van der Waals surface area contributed by atoms with Crippen molar-refractivity contribution in [2.75, 3.05) is 13.1 Å². The van der Waals surface area contributed by atoms with Crippen LogP contribution in [0.4, 0.5) is 0 Å². The van der Waals surface area contributed by atoms with Gasteiger partial charge in [-0.15, -0.1) is 0 Å². The molecule has 3 rings (SSSR count). The van der Waals surface area contributed by atoms with Gasteiger partial charge in [-0.3, -0.25) is 4.90 Å². The second-order valence-corrected chi connectivity index (χ2v) is 9.15. The Morgan fingerprint density at radius 3 is 1.83 bits per heavy atom. The van der Waals surface area contributed by atoms with Crippen molar-refractivity contribution in [3.63, 3.8) is 0 Å². The lowest BCUT2D eigenvalue weighted by atomic mass is 10.0. The largest absolute Gasteiger partial charge is 0.295 e. The minimum Gasteiger partial charge on any atom is -0.295 e. The molecule has 2 aliphatic heterocycles. The van der Waals surface area contributed by atoms with Gasteiger partial charge in [0.1, 0.15) is 0 Å². The van der Waals surface area contributed by atoms with E-state index < -0.39 is 10.0 Å². The average Bonchev–Trinajstić information content (AvgIpc) is 3.04. The molecule has 0 aromatic carbocycles. The molecule has 5 heteroatoms. The molecule has 2 bridgehead atoms. The summed E-state index contributed by atoms with van der Waals surface area (Å²) in [6.45, 7) is 8.48. The summed E-state index contributed by atoms with van der Waals surface area (Å²) in [6.07, 6.45) is 3.84. The van der Waals surface area contributed by atoms with E-state index in [9.17, 15) is 8.42 Å². The fourth-order valence-corrected chi connectivity index (χ4v) is 5.62. The minimum absolute atomic E-state index is 0.0539. The molecule has 0 radical (unpaired) electrons. The van der Waals surface area contributed by atoms with Crippen LogP contribution in [0.25, 0.3) is 0 Å². The molecule has 0 aromatic heterocycles. The van der Waals surface area contributed by atoms with Gasteiger partial charge in [-0.25, -0.2) is 8.42 Å². The van der Waals surface area contributed by atoms with Crippen LogP contribution in [0.3, 0.4) is 0 Å². The third-order valence-corrected chi connectivity index (χ3v) is 7.10. The fraction of sp³-hybridized carbons (Fsp3) is 1.00. The lowest BCUT2D eigenvalue weighted by molar-refractivity contribution is 0.0546. The highest BCUT2D eigenvalue weighted by atomic mass is 32.2. The number of hydrogen-bond donors (Lipinski definition) is 0. The number of fused-ring (bicyclic) bond motifs is 2. The summed E-state index contributed by atoms with van der Waals surface area (Å²) >= 11 is 0. The van der Waals surface area contributed by atoms with Gasteiger partial charge in [-0.2, -0.15) is 4.31 Å². The molecule has 2 saturated heterocycles. The molecule has 0 aromatic rings.